The van der Waals surface area contributed by atoms with E-state index in [0.29, 0.717) is 6.42 Å². The van der Waals surface area contributed by atoms with Gasteiger partial charge in [-0.2, -0.15) is 5.26 Å². The van der Waals surface area contributed by atoms with Gasteiger partial charge in [-0.05, 0) is 18.6 Å². The van der Waals surface area contributed by atoms with E-state index in [1.165, 1.54) is 18.2 Å². The highest BCUT2D eigenvalue weighted by atomic mass is 19.1. The number of carbonyl (C=O) groups excluding carboxylic acids is 1. The smallest absolute Gasteiger partial charge is 0.169 e. The molecule has 0 aliphatic carbocycles. The molecule has 1 atom stereocenters. The maximum Gasteiger partial charge on any atom is 0.169 e. The molecule has 1 aromatic rings. The van der Waals surface area contributed by atoms with E-state index in [4.69, 9.17) is 5.26 Å². The van der Waals surface area contributed by atoms with Gasteiger partial charge in [0.2, 0.25) is 0 Å². The lowest BCUT2D eigenvalue weighted by Crippen LogP contribution is -2.14. The van der Waals surface area contributed by atoms with Crippen molar-refractivity contribution in [2.75, 3.05) is 0 Å². The van der Waals surface area contributed by atoms with E-state index in [1.54, 1.807) is 6.07 Å². The van der Waals surface area contributed by atoms with Crippen LogP contribution in [0.1, 0.15) is 30.1 Å². The molecular weight excluding hydrogens is 193 g/mol. The zero-order chi connectivity index (χ0) is 11.3. The molecule has 0 aliphatic heterocycles. The Kier molecular flexibility index (Phi) is 3.99. The Morgan fingerprint density at radius 2 is 2.20 bits per heavy atom. The monoisotopic (exact) mass is 205 g/mol. The van der Waals surface area contributed by atoms with Gasteiger partial charge in [0.1, 0.15) is 5.82 Å². The zero-order valence-electron chi connectivity index (χ0n) is 8.53. The fourth-order valence-electron chi connectivity index (χ4n) is 1.41. The molecule has 0 fully saturated rings. The Labute approximate surface area is 88.3 Å². The van der Waals surface area contributed by atoms with Crippen molar-refractivity contribution in [3.05, 3.63) is 35.6 Å². The van der Waals surface area contributed by atoms with E-state index in [9.17, 15) is 9.18 Å². The second-order valence-electron chi connectivity index (χ2n) is 3.31. The summed E-state index contributed by atoms with van der Waals surface area (Å²) in [4.78, 5) is 11.8. The first-order valence-corrected chi connectivity index (χ1v) is 4.86. The quantitative estimate of drug-likeness (QED) is 0.709. The van der Waals surface area contributed by atoms with Crippen molar-refractivity contribution in [2.24, 2.45) is 5.92 Å². The van der Waals surface area contributed by atoms with Crippen molar-refractivity contribution < 1.29 is 9.18 Å². The average Bonchev–Trinajstić information content (AvgIpc) is 2.25. The Morgan fingerprint density at radius 1 is 1.53 bits per heavy atom. The number of hydrogen-bond donors (Lipinski definition) is 0. The second kappa shape index (κ2) is 5.26. The maximum atomic E-state index is 13.3. The number of nitriles is 1. The molecule has 0 amide bonds. The SMILES string of the molecule is CCC(CC#N)C(=O)c1ccccc1F. The van der Waals surface area contributed by atoms with E-state index in [1.807, 2.05) is 13.0 Å². The van der Waals surface area contributed by atoms with E-state index < -0.39 is 11.7 Å². The standard InChI is InChI=1S/C12H12FNO/c1-2-9(7-8-14)12(15)10-5-3-4-6-11(10)13/h3-6,9H,2,7H2,1H3. The average molecular weight is 205 g/mol. The van der Waals surface area contributed by atoms with Crippen LogP contribution in [-0.4, -0.2) is 5.78 Å². The lowest BCUT2D eigenvalue weighted by atomic mass is 9.93. The lowest BCUT2D eigenvalue weighted by Gasteiger charge is -2.09. The highest BCUT2D eigenvalue weighted by Crippen LogP contribution is 2.17. The van der Waals surface area contributed by atoms with Crippen LogP contribution in [0.25, 0.3) is 0 Å². The van der Waals surface area contributed by atoms with Gasteiger partial charge in [-0.25, -0.2) is 4.39 Å². The Bertz CT molecular complexity index is 395. The fourth-order valence-corrected chi connectivity index (χ4v) is 1.41. The molecule has 3 heteroatoms. The third-order valence-electron chi connectivity index (χ3n) is 2.34. The van der Waals surface area contributed by atoms with Crippen LogP contribution >= 0.6 is 0 Å². The molecule has 1 unspecified atom stereocenters. The number of rotatable bonds is 4. The number of hydrogen-bond acceptors (Lipinski definition) is 2. The van der Waals surface area contributed by atoms with Gasteiger partial charge < -0.3 is 0 Å². The van der Waals surface area contributed by atoms with Crippen LogP contribution in [0.15, 0.2) is 24.3 Å². The molecule has 15 heavy (non-hydrogen) atoms. The van der Waals surface area contributed by atoms with Crippen LogP contribution in [-0.2, 0) is 0 Å². The van der Waals surface area contributed by atoms with Crippen molar-refractivity contribution in [2.45, 2.75) is 19.8 Å². The molecule has 0 aromatic heterocycles. The molecule has 2 nitrogen and oxygen atoms in total. The van der Waals surface area contributed by atoms with Gasteiger partial charge in [0.05, 0.1) is 11.6 Å². The van der Waals surface area contributed by atoms with E-state index in [2.05, 4.69) is 0 Å². The van der Waals surface area contributed by atoms with Crippen molar-refractivity contribution in [1.82, 2.24) is 0 Å². The van der Waals surface area contributed by atoms with Crippen molar-refractivity contribution in [3.63, 3.8) is 0 Å². The molecule has 1 aromatic carbocycles. The summed E-state index contributed by atoms with van der Waals surface area (Å²) in [7, 11) is 0. The molecule has 0 N–H and O–H groups in total. The first kappa shape index (κ1) is 11.4. The molecular formula is C12H12FNO. The fraction of sp³-hybridized carbons (Fsp3) is 0.333. The Hall–Kier alpha value is -1.69. The van der Waals surface area contributed by atoms with Gasteiger partial charge in [0, 0.05) is 12.3 Å². The molecule has 78 valence electrons. The predicted octanol–water partition coefficient (Wildman–Crippen LogP) is 2.95. The third kappa shape index (κ3) is 2.63. The molecule has 0 heterocycles. The molecule has 0 aliphatic rings. The lowest BCUT2D eigenvalue weighted by molar-refractivity contribution is 0.0914. The largest absolute Gasteiger partial charge is 0.294 e. The van der Waals surface area contributed by atoms with Crippen LogP contribution in [0.5, 0.6) is 0 Å². The number of nitrogens with zero attached hydrogens (tertiary/aromatic N) is 1. The molecule has 0 saturated heterocycles. The van der Waals surface area contributed by atoms with Crippen LogP contribution in [0.2, 0.25) is 0 Å². The molecule has 0 radical (unpaired) electrons. The summed E-state index contributed by atoms with van der Waals surface area (Å²) in [5, 5.41) is 8.54. The first-order chi connectivity index (χ1) is 7.20. The predicted molar refractivity (Wildman–Crippen MR) is 54.7 cm³/mol. The summed E-state index contributed by atoms with van der Waals surface area (Å²) < 4.78 is 13.3. The van der Waals surface area contributed by atoms with Gasteiger partial charge in [0.25, 0.3) is 0 Å². The van der Waals surface area contributed by atoms with E-state index >= 15 is 0 Å². The van der Waals surface area contributed by atoms with Crippen molar-refractivity contribution >= 4 is 5.78 Å². The summed E-state index contributed by atoms with van der Waals surface area (Å²) in [6.07, 6.45) is 0.699. The summed E-state index contributed by atoms with van der Waals surface area (Å²) in [5.41, 5.74) is 0.0830. The Morgan fingerprint density at radius 3 is 2.73 bits per heavy atom. The second-order valence-corrected chi connectivity index (χ2v) is 3.31. The first-order valence-electron chi connectivity index (χ1n) is 4.86. The molecule has 0 bridgehead atoms. The molecule has 0 spiro atoms. The normalized spacial score (nSPS) is 11.8. The van der Waals surface area contributed by atoms with Gasteiger partial charge in [0.15, 0.2) is 5.78 Å². The molecule has 1 rings (SSSR count). The Balaban J connectivity index is 2.94. The van der Waals surface area contributed by atoms with Crippen molar-refractivity contribution in [3.8, 4) is 6.07 Å². The van der Waals surface area contributed by atoms with E-state index in [-0.39, 0.29) is 17.8 Å². The molecule has 0 saturated carbocycles. The number of benzene rings is 1. The van der Waals surface area contributed by atoms with Crippen LogP contribution in [0.3, 0.4) is 0 Å². The van der Waals surface area contributed by atoms with Crippen LogP contribution < -0.4 is 0 Å². The summed E-state index contributed by atoms with van der Waals surface area (Å²) in [5.74, 6) is -1.19. The zero-order valence-corrected chi connectivity index (χ0v) is 8.53. The number of halogens is 1. The minimum absolute atomic E-state index is 0.0830. The number of ketones is 1. The summed E-state index contributed by atoms with van der Waals surface area (Å²) in [6, 6.07) is 7.82. The minimum atomic E-state index is -0.515. The van der Waals surface area contributed by atoms with Gasteiger partial charge in [-0.1, -0.05) is 19.1 Å². The highest BCUT2D eigenvalue weighted by Gasteiger charge is 2.20. The highest BCUT2D eigenvalue weighted by molar-refractivity contribution is 5.98. The van der Waals surface area contributed by atoms with Crippen LogP contribution in [0, 0.1) is 23.1 Å². The maximum absolute atomic E-state index is 13.3. The van der Waals surface area contributed by atoms with Gasteiger partial charge >= 0.3 is 0 Å². The third-order valence-corrected chi connectivity index (χ3v) is 2.34. The number of carbonyl (C=O) groups is 1. The van der Waals surface area contributed by atoms with Crippen LogP contribution in [0.4, 0.5) is 4.39 Å². The minimum Gasteiger partial charge on any atom is -0.294 e. The summed E-state index contributed by atoms with van der Waals surface area (Å²) >= 11 is 0. The number of Topliss-reactive ketones (excluding diaryl/α,β-unsaturated/α-hetero) is 1. The topological polar surface area (TPSA) is 40.9 Å². The van der Waals surface area contributed by atoms with Crippen molar-refractivity contribution in [1.29, 1.82) is 5.26 Å². The van der Waals surface area contributed by atoms with Gasteiger partial charge in [-0.3, -0.25) is 4.79 Å². The van der Waals surface area contributed by atoms with Gasteiger partial charge in [-0.15, -0.1) is 0 Å². The summed E-state index contributed by atoms with van der Waals surface area (Å²) in [6.45, 7) is 1.82. The van der Waals surface area contributed by atoms with E-state index in [0.717, 1.165) is 0 Å².